The molecular weight excluding hydrogens is 306 g/mol. The summed E-state index contributed by atoms with van der Waals surface area (Å²) in [6, 6.07) is 0.0349. The molecule has 1 aliphatic heterocycles. The number of carbonyl (C=O) groups excluding carboxylic acids is 1. The van der Waals surface area contributed by atoms with E-state index < -0.39 is 30.7 Å². The standard InChI is InChI=1S/C16H30F2N2O3/c1-5-6-13-9-12(7-8-22-13)19-10-16(17,18)11-20-14(21)23-15(2,3)4/h12-13,19H,5-11H2,1-4H3,(H,20,21). The molecule has 2 N–H and O–H groups in total. The van der Waals surface area contributed by atoms with Gasteiger partial charge < -0.3 is 20.1 Å². The van der Waals surface area contributed by atoms with Crippen LogP contribution in [0.4, 0.5) is 13.6 Å². The molecule has 7 heteroatoms. The molecule has 1 amide bonds. The molecule has 0 spiro atoms. The van der Waals surface area contributed by atoms with Gasteiger partial charge in [-0.05, 0) is 40.0 Å². The van der Waals surface area contributed by atoms with Crippen LogP contribution in [0.15, 0.2) is 0 Å². The number of alkyl carbamates (subject to hydrolysis) is 1. The molecule has 0 saturated carbocycles. The Morgan fingerprint density at radius 1 is 1.30 bits per heavy atom. The Balaban J connectivity index is 2.30. The smallest absolute Gasteiger partial charge is 0.407 e. The van der Waals surface area contributed by atoms with Crippen LogP contribution in [0.3, 0.4) is 0 Å². The van der Waals surface area contributed by atoms with Gasteiger partial charge in [0.05, 0.1) is 19.2 Å². The van der Waals surface area contributed by atoms with Crippen molar-refractivity contribution in [2.75, 3.05) is 19.7 Å². The summed E-state index contributed by atoms with van der Waals surface area (Å²) in [5.41, 5.74) is -0.700. The maximum absolute atomic E-state index is 13.9. The zero-order valence-corrected chi connectivity index (χ0v) is 14.6. The third kappa shape index (κ3) is 9.05. The molecule has 1 rings (SSSR count). The largest absolute Gasteiger partial charge is 0.444 e. The van der Waals surface area contributed by atoms with Crippen molar-refractivity contribution in [2.45, 2.75) is 77.0 Å². The molecule has 1 aliphatic rings. The van der Waals surface area contributed by atoms with Gasteiger partial charge in [-0.3, -0.25) is 0 Å². The minimum absolute atomic E-state index is 0.0349. The van der Waals surface area contributed by atoms with Crippen molar-refractivity contribution in [3.8, 4) is 0 Å². The van der Waals surface area contributed by atoms with Crippen LogP contribution in [0.25, 0.3) is 0 Å². The van der Waals surface area contributed by atoms with Crippen molar-refractivity contribution in [3.05, 3.63) is 0 Å². The van der Waals surface area contributed by atoms with Crippen molar-refractivity contribution in [3.63, 3.8) is 0 Å². The number of nitrogens with one attached hydrogen (secondary N) is 2. The number of hydrogen-bond donors (Lipinski definition) is 2. The van der Waals surface area contributed by atoms with Crippen LogP contribution >= 0.6 is 0 Å². The maximum atomic E-state index is 13.9. The molecule has 1 fully saturated rings. The van der Waals surface area contributed by atoms with Crippen LogP contribution in [-0.4, -0.2) is 49.5 Å². The fourth-order valence-electron chi connectivity index (χ4n) is 2.46. The normalized spacial score (nSPS) is 22.7. The average Bonchev–Trinajstić information content (AvgIpc) is 2.42. The number of halogens is 2. The summed E-state index contributed by atoms with van der Waals surface area (Å²) < 4.78 is 38.3. The Morgan fingerprint density at radius 3 is 2.61 bits per heavy atom. The zero-order chi connectivity index (χ0) is 17.5. The molecule has 23 heavy (non-hydrogen) atoms. The molecule has 136 valence electrons. The van der Waals surface area contributed by atoms with Crippen molar-refractivity contribution >= 4 is 6.09 Å². The number of alkyl halides is 2. The summed E-state index contributed by atoms with van der Waals surface area (Å²) in [6.45, 7) is 6.53. The summed E-state index contributed by atoms with van der Waals surface area (Å²) in [6.07, 6.45) is 2.78. The average molecular weight is 336 g/mol. The van der Waals surface area contributed by atoms with Crippen LogP contribution in [-0.2, 0) is 9.47 Å². The second-order valence-electron chi connectivity index (χ2n) is 7.10. The molecular formula is C16H30F2N2O3. The Morgan fingerprint density at radius 2 is 2.00 bits per heavy atom. The third-order valence-electron chi connectivity index (χ3n) is 3.52. The lowest BCUT2D eigenvalue weighted by atomic mass is 10.00. The maximum Gasteiger partial charge on any atom is 0.407 e. The van der Waals surface area contributed by atoms with E-state index in [1.165, 1.54) is 0 Å². The van der Waals surface area contributed by atoms with E-state index in [0.29, 0.717) is 6.61 Å². The van der Waals surface area contributed by atoms with E-state index in [4.69, 9.17) is 9.47 Å². The van der Waals surface area contributed by atoms with Gasteiger partial charge in [0.2, 0.25) is 0 Å². The first-order valence-corrected chi connectivity index (χ1v) is 8.31. The van der Waals surface area contributed by atoms with E-state index in [2.05, 4.69) is 17.6 Å². The van der Waals surface area contributed by atoms with Gasteiger partial charge >= 0.3 is 6.09 Å². The fourth-order valence-corrected chi connectivity index (χ4v) is 2.46. The monoisotopic (exact) mass is 336 g/mol. The molecule has 0 aliphatic carbocycles. The molecule has 0 aromatic heterocycles. The van der Waals surface area contributed by atoms with E-state index in [9.17, 15) is 13.6 Å². The van der Waals surface area contributed by atoms with Gasteiger partial charge in [-0.1, -0.05) is 13.3 Å². The zero-order valence-electron chi connectivity index (χ0n) is 14.6. The first-order valence-electron chi connectivity index (χ1n) is 8.31. The van der Waals surface area contributed by atoms with E-state index >= 15 is 0 Å². The summed E-state index contributed by atoms with van der Waals surface area (Å²) in [7, 11) is 0. The number of ether oxygens (including phenoxy) is 2. The molecule has 0 radical (unpaired) electrons. The highest BCUT2D eigenvalue weighted by Crippen LogP contribution is 2.19. The van der Waals surface area contributed by atoms with E-state index in [-0.39, 0.29) is 12.1 Å². The van der Waals surface area contributed by atoms with Gasteiger partial charge in [-0.25, -0.2) is 13.6 Å². The van der Waals surface area contributed by atoms with Crippen molar-refractivity contribution in [1.82, 2.24) is 10.6 Å². The first-order chi connectivity index (χ1) is 10.6. The van der Waals surface area contributed by atoms with Crippen LogP contribution < -0.4 is 10.6 Å². The van der Waals surface area contributed by atoms with Crippen molar-refractivity contribution < 1.29 is 23.0 Å². The second kappa shape index (κ2) is 8.78. The highest BCUT2D eigenvalue weighted by Gasteiger charge is 2.32. The first kappa shape index (κ1) is 20.1. The van der Waals surface area contributed by atoms with Crippen LogP contribution in [0, 0.1) is 0 Å². The minimum atomic E-state index is -3.02. The third-order valence-corrected chi connectivity index (χ3v) is 3.52. The molecule has 1 saturated heterocycles. The molecule has 5 nitrogen and oxygen atoms in total. The number of hydrogen-bond acceptors (Lipinski definition) is 4. The number of rotatable bonds is 7. The van der Waals surface area contributed by atoms with Gasteiger partial charge in [-0.15, -0.1) is 0 Å². The Kier molecular flexibility index (Phi) is 7.67. The lowest BCUT2D eigenvalue weighted by Crippen LogP contribution is -2.48. The minimum Gasteiger partial charge on any atom is -0.444 e. The summed E-state index contributed by atoms with van der Waals surface area (Å²) >= 11 is 0. The summed E-state index contributed by atoms with van der Waals surface area (Å²) in [5, 5.41) is 5.02. The highest BCUT2D eigenvalue weighted by atomic mass is 19.3. The molecule has 0 bridgehead atoms. The molecule has 0 aromatic carbocycles. The highest BCUT2D eigenvalue weighted by molar-refractivity contribution is 5.67. The predicted octanol–water partition coefficient (Wildman–Crippen LogP) is 3.08. The van der Waals surface area contributed by atoms with Crippen LogP contribution in [0.2, 0.25) is 0 Å². The summed E-state index contributed by atoms with van der Waals surface area (Å²) in [4.78, 5) is 11.4. The molecule has 0 aromatic rings. The Labute approximate surface area is 137 Å². The van der Waals surface area contributed by atoms with E-state index in [1.54, 1.807) is 20.8 Å². The van der Waals surface area contributed by atoms with E-state index in [0.717, 1.165) is 25.7 Å². The van der Waals surface area contributed by atoms with Gasteiger partial charge in [0.25, 0.3) is 5.92 Å². The van der Waals surface area contributed by atoms with E-state index in [1.807, 2.05) is 0 Å². The van der Waals surface area contributed by atoms with Crippen molar-refractivity contribution in [1.29, 1.82) is 0 Å². The predicted molar refractivity (Wildman–Crippen MR) is 84.9 cm³/mol. The lowest BCUT2D eigenvalue weighted by Gasteiger charge is -2.31. The topological polar surface area (TPSA) is 59.6 Å². The number of amides is 1. The quantitative estimate of drug-likeness (QED) is 0.750. The van der Waals surface area contributed by atoms with Crippen molar-refractivity contribution in [2.24, 2.45) is 0 Å². The Hall–Kier alpha value is -0.950. The Bertz CT molecular complexity index is 371. The SMILES string of the molecule is CCCC1CC(NCC(F)(F)CNC(=O)OC(C)(C)C)CCO1. The van der Waals surface area contributed by atoms with Crippen LogP contribution in [0.1, 0.15) is 53.4 Å². The van der Waals surface area contributed by atoms with Gasteiger partial charge in [0.1, 0.15) is 5.60 Å². The fraction of sp³-hybridized carbons (Fsp3) is 0.938. The van der Waals surface area contributed by atoms with Crippen LogP contribution in [0.5, 0.6) is 0 Å². The summed E-state index contributed by atoms with van der Waals surface area (Å²) in [5.74, 6) is -3.02. The molecule has 1 heterocycles. The van der Waals surface area contributed by atoms with Gasteiger partial charge in [0, 0.05) is 12.6 Å². The second-order valence-corrected chi connectivity index (χ2v) is 7.10. The van der Waals surface area contributed by atoms with Gasteiger partial charge in [0.15, 0.2) is 0 Å². The number of carbonyl (C=O) groups is 1. The molecule has 2 unspecified atom stereocenters. The van der Waals surface area contributed by atoms with Gasteiger partial charge in [-0.2, -0.15) is 0 Å². The lowest BCUT2D eigenvalue weighted by molar-refractivity contribution is -0.0252. The molecule has 2 atom stereocenters.